The minimum Gasteiger partial charge on any atom is -0.497 e. The minimum atomic E-state index is -0.852. The Kier molecular flexibility index (Phi) is 4.88. The molecular formula is C16H18F2N2O. The molecule has 0 amide bonds. The van der Waals surface area contributed by atoms with E-state index < -0.39 is 11.6 Å². The third-order valence-electron chi connectivity index (χ3n) is 3.51. The van der Waals surface area contributed by atoms with Gasteiger partial charge >= 0.3 is 0 Å². The molecule has 2 aromatic carbocycles. The number of hydrogen-bond acceptors (Lipinski definition) is 3. The van der Waals surface area contributed by atoms with Gasteiger partial charge in [0, 0.05) is 0 Å². The summed E-state index contributed by atoms with van der Waals surface area (Å²) in [5.74, 6) is 4.64. The summed E-state index contributed by atoms with van der Waals surface area (Å²) in [7, 11) is 1.59. The maximum absolute atomic E-state index is 13.8. The number of nitrogens with two attached hydrogens (primary N) is 1. The minimum absolute atomic E-state index is 0.257. The van der Waals surface area contributed by atoms with Gasteiger partial charge in [-0.3, -0.25) is 11.3 Å². The maximum Gasteiger partial charge on any atom is 0.162 e. The second-order valence-electron chi connectivity index (χ2n) is 4.86. The Hall–Kier alpha value is -1.98. The molecule has 0 radical (unpaired) electrons. The molecule has 0 aliphatic carbocycles. The normalized spacial score (nSPS) is 12.2. The van der Waals surface area contributed by atoms with Gasteiger partial charge in [-0.05, 0) is 48.2 Å². The summed E-state index contributed by atoms with van der Waals surface area (Å²) in [5.41, 5.74) is 4.83. The molecule has 2 rings (SSSR count). The van der Waals surface area contributed by atoms with Gasteiger partial charge in [-0.1, -0.05) is 18.2 Å². The number of hydrogen-bond donors (Lipinski definition) is 2. The highest BCUT2D eigenvalue weighted by Crippen LogP contribution is 2.26. The summed E-state index contributed by atoms with van der Waals surface area (Å²) in [6.45, 7) is 1.92. The van der Waals surface area contributed by atoms with Crippen molar-refractivity contribution in [3.8, 4) is 5.75 Å². The average Bonchev–Trinajstić information content (AvgIpc) is 2.49. The van der Waals surface area contributed by atoms with E-state index in [2.05, 4.69) is 5.43 Å². The van der Waals surface area contributed by atoms with Crippen LogP contribution in [0, 0.1) is 18.6 Å². The fraction of sp³-hybridized carbons (Fsp3) is 0.250. The van der Waals surface area contributed by atoms with Gasteiger partial charge in [-0.15, -0.1) is 0 Å². The summed E-state index contributed by atoms with van der Waals surface area (Å²) >= 11 is 0. The number of ether oxygens (including phenoxy) is 1. The van der Waals surface area contributed by atoms with Crippen LogP contribution >= 0.6 is 0 Å². The van der Waals surface area contributed by atoms with E-state index in [-0.39, 0.29) is 18.0 Å². The lowest BCUT2D eigenvalue weighted by atomic mass is 9.95. The van der Waals surface area contributed by atoms with Crippen molar-refractivity contribution < 1.29 is 13.5 Å². The van der Waals surface area contributed by atoms with Crippen LogP contribution < -0.4 is 16.0 Å². The molecule has 2 aromatic rings. The zero-order chi connectivity index (χ0) is 15.4. The van der Waals surface area contributed by atoms with E-state index in [9.17, 15) is 8.78 Å². The van der Waals surface area contributed by atoms with E-state index >= 15 is 0 Å². The van der Waals surface area contributed by atoms with E-state index in [1.54, 1.807) is 13.2 Å². The second-order valence-corrected chi connectivity index (χ2v) is 4.86. The van der Waals surface area contributed by atoms with Gasteiger partial charge in [-0.2, -0.15) is 0 Å². The summed E-state index contributed by atoms with van der Waals surface area (Å²) in [6, 6.07) is 9.39. The maximum atomic E-state index is 13.8. The number of rotatable bonds is 5. The molecule has 3 nitrogen and oxygen atoms in total. The molecule has 0 aliphatic rings. The van der Waals surface area contributed by atoms with E-state index in [0.29, 0.717) is 0 Å². The SMILES string of the molecule is COc1ccc(C(Cc2cccc(F)c2F)NN)c(C)c1. The molecule has 0 aliphatic heterocycles. The van der Waals surface area contributed by atoms with Gasteiger partial charge in [0.25, 0.3) is 0 Å². The van der Waals surface area contributed by atoms with Crippen molar-refractivity contribution in [3.05, 3.63) is 64.7 Å². The highest BCUT2D eigenvalue weighted by Gasteiger charge is 2.17. The number of methoxy groups -OCH3 is 1. The topological polar surface area (TPSA) is 47.3 Å². The van der Waals surface area contributed by atoms with Crippen molar-refractivity contribution in [3.63, 3.8) is 0 Å². The van der Waals surface area contributed by atoms with Crippen LogP contribution in [0.5, 0.6) is 5.75 Å². The molecule has 3 N–H and O–H groups in total. The van der Waals surface area contributed by atoms with E-state index in [4.69, 9.17) is 10.6 Å². The van der Waals surface area contributed by atoms with Crippen LogP contribution in [0.25, 0.3) is 0 Å². The zero-order valence-electron chi connectivity index (χ0n) is 12.0. The summed E-state index contributed by atoms with van der Waals surface area (Å²) in [6.07, 6.45) is 0.257. The van der Waals surface area contributed by atoms with Gasteiger partial charge in [0.05, 0.1) is 13.2 Å². The van der Waals surface area contributed by atoms with Crippen molar-refractivity contribution in [2.24, 2.45) is 5.84 Å². The molecule has 5 heteroatoms. The molecule has 21 heavy (non-hydrogen) atoms. The number of nitrogens with one attached hydrogen (secondary N) is 1. The molecule has 1 unspecified atom stereocenters. The summed E-state index contributed by atoms with van der Waals surface area (Å²) < 4.78 is 32.2. The Bertz CT molecular complexity index is 632. The van der Waals surface area contributed by atoms with Gasteiger partial charge in [0.15, 0.2) is 11.6 Å². The second kappa shape index (κ2) is 6.65. The third-order valence-corrected chi connectivity index (χ3v) is 3.51. The number of hydrazine groups is 1. The first-order valence-electron chi connectivity index (χ1n) is 6.60. The van der Waals surface area contributed by atoms with Crippen molar-refractivity contribution in [2.75, 3.05) is 7.11 Å². The van der Waals surface area contributed by atoms with Crippen LogP contribution in [0.2, 0.25) is 0 Å². The Morgan fingerprint density at radius 3 is 2.62 bits per heavy atom. The van der Waals surface area contributed by atoms with Gasteiger partial charge in [0.2, 0.25) is 0 Å². The van der Waals surface area contributed by atoms with Gasteiger partial charge < -0.3 is 4.74 Å². The lowest BCUT2D eigenvalue weighted by Gasteiger charge is -2.19. The fourth-order valence-corrected chi connectivity index (χ4v) is 2.35. The summed E-state index contributed by atoms with van der Waals surface area (Å²) in [5, 5.41) is 0. The predicted octanol–water partition coefficient (Wildman–Crippen LogP) is 3.03. The monoisotopic (exact) mass is 292 g/mol. The zero-order valence-corrected chi connectivity index (χ0v) is 12.0. The molecule has 1 atom stereocenters. The van der Waals surface area contributed by atoms with E-state index in [1.165, 1.54) is 6.07 Å². The smallest absolute Gasteiger partial charge is 0.162 e. The molecule has 0 saturated heterocycles. The highest BCUT2D eigenvalue weighted by molar-refractivity contribution is 5.37. The first-order chi connectivity index (χ1) is 10.1. The molecule has 0 bridgehead atoms. The Morgan fingerprint density at radius 1 is 1.24 bits per heavy atom. The molecular weight excluding hydrogens is 274 g/mol. The molecule has 112 valence electrons. The fourth-order valence-electron chi connectivity index (χ4n) is 2.35. The van der Waals surface area contributed by atoms with Crippen LogP contribution in [0.1, 0.15) is 22.7 Å². The van der Waals surface area contributed by atoms with Crippen molar-refractivity contribution in [2.45, 2.75) is 19.4 Å². The Morgan fingerprint density at radius 2 is 2.00 bits per heavy atom. The quantitative estimate of drug-likeness (QED) is 0.658. The van der Waals surface area contributed by atoms with Crippen molar-refractivity contribution >= 4 is 0 Å². The molecule has 0 aromatic heterocycles. The average molecular weight is 292 g/mol. The predicted molar refractivity (Wildman–Crippen MR) is 77.9 cm³/mol. The first-order valence-corrected chi connectivity index (χ1v) is 6.60. The van der Waals surface area contributed by atoms with Gasteiger partial charge in [0.1, 0.15) is 5.75 Å². The Balaban J connectivity index is 2.30. The van der Waals surface area contributed by atoms with Crippen LogP contribution in [-0.4, -0.2) is 7.11 Å². The summed E-state index contributed by atoms with van der Waals surface area (Å²) in [4.78, 5) is 0. The molecule has 0 fully saturated rings. The number of aryl methyl sites for hydroxylation is 1. The highest BCUT2D eigenvalue weighted by atomic mass is 19.2. The standard InChI is InChI=1S/C16H18F2N2O/c1-10-8-12(21-2)6-7-13(10)15(20-19)9-11-4-3-5-14(17)16(11)18/h3-8,15,20H,9,19H2,1-2H3. The van der Waals surface area contributed by atoms with Crippen molar-refractivity contribution in [1.29, 1.82) is 0 Å². The van der Waals surface area contributed by atoms with Crippen molar-refractivity contribution in [1.82, 2.24) is 5.43 Å². The van der Waals surface area contributed by atoms with Crippen LogP contribution in [0.15, 0.2) is 36.4 Å². The number of benzene rings is 2. The molecule has 0 heterocycles. The van der Waals surface area contributed by atoms with Gasteiger partial charge in [-0.25, -0.2) is 8.78 Å². The molecule has 0 spiro atoms. The van der Waals surface area contributed by atoms with Crippen LogP contribution in [0.4, 0.5) is 8.78 Å². The first kappa shape index (κ1) is 15.4. The van der Waals surface area contributed by atoms with E-state index in [0.717, 1.165) is 22.9 Å². The largest absolute Gasteiger partial charge is 0.497 e. The van der Waals surface area contributed by atoms with Crippen LogP contribution in [0.3, 0.4) is 0 Å². The number of halogens is 2. The third kappa shape index (κ3) is 3.37. The lowest BCUT2D eigenvalue weighted by Crippen LogP contribution is -2.30. The molecule has 0 saturated carbocycles. The van der Waals surface area contributed by atoms with Crippen LogP contribution in [-0.2, 0) is 6.42 Å². The lowest BCUT2D eigenvalue weighted by molar-refractivity contribution is 0.413. The van der Waals surface area contributed by atoms with E-state index in [1.807, 2.05) is 25.1 Å². The Labute approximate surface area is 122 Å².